The van der Waals surface area contributed by atoms with Crippen LogP contribution in [0.1, 0.15) is 17.3 Å². The lowest BCUT2D eigenvalue weighted by atomic mass is 10.0. The summed E-state index contributed by atoms with van der Waals surface area (Å²) < 4.78 is 5.31. The van der Waals surface area contributed by atoms with Crippen LogP contribution in [-0.4, -0.2) is 47.8 Å². The van der Waals surface area contributed by atoms with Gasteiger partial charge in [-0.25, -0.2) is 4.79 Å². The predicted molar refractivity (Wildman–Crippen MR) is 71.6 cm³/mol. The molecule has 0 aliphatic carbocycles. The molecule has 2 atom stereocenters. The smallest absolute Gasteiger partial charge is 0.337 e. The van der Waals surface area contributed by atoms with Gasteiger partial charge in [0.25, 0.3) is 0 Å². The maximum atomic E-state index is 12.2. The van der Waals surface area contributed by atoms with Crippen LogP contribution in [0.4, 0.5) is 5.69 Å². The Kier molecular flexibility index (Phi) is 4.65. The zero-order chi connectivity index (χ0) is 14.5. The molecule has 3 N–H and O–H groups in total. The van der Waals surface area contributed by atoms with E-state index < -0.39 is 5.97 Å². The number of carbonyl (C=O) groups excluding carboxylic acids is 1. The van der Waals surface area contributed by atoms with E-state index in [2.05, 4.69) is 15.6 Å². The van der Waals surface area contributed by atoms with E-state index in [4.69, 9.17) is 9.84 Å². The van der Waals surface area contributed by atoms with Crippen LogP contribution in [0, 0.1) is 5.92 Å². The summed E-state index contributed by atoms with van der Waals surface area (Å²) in [7, 11) is 0. The fourth-order valence-corrected chi connectivity index (χ4v) is 2.14. The van der Waals surface area contributed by atoms with E-state index in [0.717, 1.165) is 6.54 Å². The molecule has 7 heteroatoms. The number of ether oxygens (including phenoxy) is 1. The Morgan fingerprint density at radius 2 is 2.25 bits per heavy atom. The Labute approximate surface area is 116 Å². The van der Waals surface area contributed by atoms with Gasteiger partial charge in [0, 0.05) is 12.2 Å². The predicted octanol–water partition coefficient (Wildman–Crippen LogP) is 0.343. The summed E-state index contributed by atoms with van der Waals surface area (Å²) in [5, 5.41) is 14.8. The molecule has 1 aliphatic rings. The number of likely N-dealkylation sites (N-methyl/N-ethyl adjacent to an activating group) is 1. The molecule has 0 saturated carbocycles. The quantitative estimate of drug-likeness (QED) is 0.718. The summed E-state index contributed by atoms with van der Waals surface area (Å²) in [5.74, 6) is -1.57. The number of hydrogen-bond acceptors (Lipinski definition) is 5. The summed E-state index contributed by atoms with van der Waals surface area (Å²) in [4.78, 5) is 26.8. The third-order valence-electron chi connectivity index (χ3n) is 3.14. The van der Waals surface area contributed by atoms with Crippen LogP contribution in [0.2, 0.25) is 0 Å². The summed E-state index contributed by atoms with van der Waals surface area (Å²) in [6.07, 6.45) is 2.65. The Hall–Kier alpha value is -1.99. The number of carbonyl (C=O) groups is 2. The molecular weight excluding hydrogens is 262 g/mol. The molecule has 2 unspecified atom stereocenters. The fourth-order valence-electron chi connectivity index (χ4n) is 2.14. The topological polar surface area (TPSA) is 101 Å². The molecule has 0 spiro atoms. The van der Waals surface area contributed by atoms with E-state index in [0.29, 0.717) is 18.9 Å². The zero-order valence-electron chi connectivity index (χ0n) is 11.1. The minimum Gasteiger partial charge on any atom is -0.478 e. The Morgan fingerprint density at radius 1 is 1.45 bits per heavy atom. The van der Waals surface area contributed by atoms with Gasteiger partial charge in [0.1, 0.15) is 0 Å². The van der Waals surface area contributed by atoms with Gasteiger partial charge in [0.15, 0.2) is 0 Å². The van der Waals surface area contributed by atoms with Gasteiger partial charge in [-0.1, -0.05) is 6.92 Å². The maximum absolute atomic E-state index is 12.2. The molecule has 1 aliphatic heterocycles. The molecule has 1 saturated heterocycles. The minimum atomic E-state index is -1.08. The van der Waals surface area contributed by atoms with Crippen LogP contribution < -0.4 is 10.6 Å². The van der Waals surface area contributed by atoms with Crippen LogP contribution in [-0.2, 0) is 9.53 Å². The molecule has 20 heavy (non-hydrogen) atoms. The maximum Gasteiger partial charge on any atom is 0.337 e. The lowest BCUT2D eigenvalue weighted by Gasteiger charge is -2.17. The van der Waals surface area contributed by atoms with Crippen molar-refractivity contribution in [2.24, 2.45) is 5.92 Å². The van der Waals surface area contributed by atoms with Crippen LogP contribution in [0.3, 0.4) is 0 Å². The van der Waals surface area contributed by atoms with Gasteiger partial charge < -0.3 is 20.5 Å². The number of aromatic nitrogens is 1. The Morgan fingerprint density at radius 3 is 2.95 bits per heavy atom. The SMILES string of the molecule is CCNC1COCC1C(=O)Nc1cncc(C(=O)O)c1. The number of nitrogens with zero attached hydrogens (tertiary/aromatic N) is 1. The van der Waals surface area contributed by atoms with Gasteiger partial charge in [-0.3, -0.25) is 9.78 Å². The number of nitrogens with one attached hydrogen (secondary N) is 2. The van der Waals surface area contributed by atoms with E-state index in [1.165, 1.54) is 18.5 Å². The van der Waals surface area contributed by atoms with Gasteiger partial charge >= 0.3 is 5.97 Å². The average molecular weight is 279 g/mol. The first-order valence-corrected chi connectivity index (χ1v) is 6.42. The number of anilines is 1. The number of pyridine rings is 1. The molecule has 1 aromatic rings. The van der Waals surface area contributed by atoms with Crippen LogP contribution >= 0.6 is 0 Å². The second kappa shape index (κ2) is 6.44. The van der Waals surface area contributed by atoms with Crippen molar-refractivity contribution >= 4 is 17.6 Å². The fraction of sp³-hybridized carbons (Fsp3) is 0.462. The van der Waals surface area contributed by atoms with Crippen molar-refractivity contribution < 1.29 is 19.4 Å². The van der Waals surface area contributed by atoms with E-state index in [1.54, 1.807) is 0 Å². The molecule has 1 fully saturated rings. The highest BCUT2D eigenvalue weighted by atomic mass is 16.5. The molecule has 2 rings (SSSR count). The largest absolute Gasteiger partial charge is 0.478 e. The highest BCUT2D eigenvalue weighted by Gasteiger charge is 2.33. The molecule has 1 amide bonds. The minimum absolute atomic E-state index is 0.0179. The zero-order valence-corrected chi connectivity index (χ0v) is 11.1. The number of aromatic carboxylic acids is 1. The van der Waals surface area contributed by atoms with E-state index in [-0.39, 0.29) is 23.4 Å². The summed E-state index contributed by atoms with van der Waals surface area (Å²) in [5.41, 5.74) is 0.408. The molecule has 2 heterocycles. The third kappa shape index (κ3) is 3.31. The first-order valence-electron chi connectivity index (χ1n) is 6.42. The molecule has 108 valence electrons. The van der Waals surface area contributed by atoms with Gasteiger partial charge in [0.2, 0.25) is 5.91 Å². The number of amides is 1. The van der Waals surface area contributed by atoms with Crippen LogP contribution in [0.15, 0.2) is 18.5 Å². The third-order valence-corrected chi connectivity index (χ3v) is 3.14. The van der Waals surface area contributed by atoms with Crippen LogP contribution in [0.25, 0.3) is 0 Å². The molecule has 7 nitrogen and oxygen atoms in total. The van der Waals surface area contributed by atoms with Crippen molar-refractivity contribution in [1.29, 1.82) is 0 Å². The van der Waals surface area contributed by atoms with Gasteiger partial charge in [0.05, 0.1) is 36.6 Å². The van der Waals surface area contributed by atoms with Crippen molar-refractivity contribution in [2.75, 3.05) is 25.1 Å². The average Bonchev–Trinajstić information content (AvgIpc) is 2.88. The van der Waals surface area contributed by atoms with Gasteiger partial charge in [-0.05, 0) is 12.6 Å². The standard InChI is InChI=1S/C13H17N3O4/c1-2-15-11-7-20-6-10(11)12(17)16-9-3-8(13(18)19)4-14-5-9/h3-5,10-11,15H,2,6-7H2,1H3,(H,16,17)(H,18,19). The normalized spacial score (nSPS) is 21.6. The Balaban J connectivity index is 2.04. The van der Waals surface area contributed by atoms with E-state index in [1.807, 2.05) is 6.92 Å². The lowest BCUT2D eigenvalue weighted by molar-refractivity contribution is -0.120. The number of hydrogen-bond donors (Lipinski definition) is 3. The first kappa shape index (κ1) is 14.4. The second-order valence-corrected chi connectivity index (χ2v) is 4.56. The highest BCUT2D eigenvalue weighted by Crippen LogP contribution is 2.17. The van der Waals surface area contributed by atoms with Crippen molar-refractivity contribution in [3.8, 4) is 0 Å². The Bertz CT molecular complexity index is 506. The number of rotatable bonds is 5. The van der Waals surface area contributed by atoms with Crippen molar-refractivity contribution in [3.05, 3.63) is 24.0 Å². The second-order valence-electron chi connectivity index (χ2n) is 4.56. The lowest BCUT2D eigenvalue weighted by Crippen LogP contribution is -2.41. The van der Waals surface area contributed by atoms with Crippen molar-refractivity contribution in [1.82, 2.24) is 10.3 Å². The van der Waals surface area contributed by atoms with Gasteiger partial charge in [-0.15, -0.1) is 0 Å². The highest BCUT2D eigenvalue weighted by molar-refractivity contribution is 5.95. The number of carboxylic acids is 1. The van der Waals surface area contributed by atoms with E-state index >= 15 is 0 Å². The monoisotopic (exact) mass is 279 g/mol. The molecule has 0 radical (unpaired) electrons. The van der Waals surface area contributed by atoms with E-state index in [9.17, 15) is 9.59 Å². The number of carboxylic acid groups (broad SMARTS) is 1. The van der Waals surface area contributed by atoms with Crippen molar-refractivity contribution in [2.45, 2.75) is 13.0 Å². The van der Waals surface area contributed by atoms with Crippen molar-refractivity contribution in [3.63, 3.8) is 0 Å². The molecule has 0 bridgehead atoms. The molecule has 0 aromatic carbocycles. The first-order chi connectivity index (χ1) is 9.61. The summed E-state index contributed by atoms with van der Waals surface area (Å²) in [6.45, 7) is 3.58. The van der Waals surface area contributed by atoms with Gasteiger partial charge in [-0.2, -0.15) is 0 Å². The summed E-state index contributed by atoms with van der Waals surface area (Å²) in [6, 6.07) is 1.36. The summed E-state index contributed by atoms with van der Waals surface area (Å²) >= 11 is 0. The van der Waals surface area contributed by atoms with Crippen LogP contribution in [0.5, 0.6) is 0 Å². The molecule has 1 aromatic heterocycles. The molecular formula is C13H17N3O4.